The summed E-state index contributed by atoms with van der Waals surface area (Å²) in [4.78, 5) is 17.6. The molecule has 0 atom stereocenters. The summed E-state index contributed by atoms with van der Waals surface area (Å²) in [5, 5.41) is 4.14. The number of para-hydroxylation sites is 1. The van der Waals surface area contributed by atoms with Crippen molar-refractivity contribution < 1.29 is 4.79 Å². The normalized spacial score (nSPS) is 12.2. The van der Waals surface area contributed by atoms with E-state index >= 15 is 0 Å². The molecule has 0 aliphatic heterocycles. The van der Waals surface area contributed by atoms with Gasteiger partial charge in [-0.2, -0.15) is 21.9 Å². The van der Waals surface area contributed by atoms with E-state index in [0.29, 0.717) is 12.2 Å². The highest BCUT2D eigenvalue weighted by Crippen LogP contribution is 2.17. The first-order valence-electron chi connectivity index (χ1n) is 7.42. The predicted octanol–water partition coefficient (Wildman–Crippen LogP) is 3.02. The van der Waals surface area contributed by atoms with E-state index < -0.39 is 0 Å². The lowest BCUT2D eigenvalue weighted by molar-refractivity contribution is 0.0987. The predicted molar refractivity (Wildman–Crippen MR) is 96.0 cm³/mol. The van der Waals surface area contributed by atoms with Gasteiger partial charge in [0.2, 0.25) is 0 Å². The number of thiazole rings is 1. The molecule has 5 nitrogen and oxygen atoms in total. The number of hydrogen-bond donors (Lipinski definition) is 0. The van der Waals surface area contributed by atoms with Gasteiger partial charge in [0.05, 0.1) is 10.2 Å². The summed E-state index contributed by atoms with van der Waals surface area (Å²) in [6.07, 6.45) is 3.72. The molecule has 2 heterocycles. The lowest BCUT2D eigenvalue weighted by atomic mass is 10.3. The second kappa shape index (κ2) is 7.14. The van der Waals surface area contributed by atoms with Crippen molar-refractivity contribution in [1.29, 1.82) is 0 Å². The molecule has 0 aliphatic carbocycles. The molecule has 1 amide bonds. The molecular formula is C16H18N4OS2. The number of aromatic nitrogens is 3. The van der Waals surface area contributed by atoms with E-state index in [-0.39, 0.29) is 5.91 Å². The van der Waals surface area contributed by atoms with Crippen molar-refractivity contribution in [3.05, 3.63) is 47.0 Å². The number of aryl methyl sites for hydroxylation is 2. The number of hydrogen-bond acceptors (Lipinski definition) is 4. The lowest BCUT2D eigenvalue weighted by Gasteiger charge is -2.03. The maximum Gasteiger partial charge on any atom is 0.297 e. The zero-order valence-electron chi connectivity index (χ0n) is 13.1. The third-order valence-corrected chi connectivity index (χ3v) is 5.19. The Kier molecular flexibility index (Phi) is 4.97. The number of benzene rings is 1. The van der Waals surface area contributed by atoms with Crippen LogP contribution in [0.3, 0.4) is 0 Å². The minimum atomic E-state index is -0.242. The van der Waals surface area contributed by atoms with Crippen LogP contribution in [-0.4, -0.2) is 32.3 Å². The average molecular weight is 346 g/mol. The Labute approximate surface area is 142 Å². The largest absolute Gasteiger partial charge is 0.316 e. The van der Waals surface area contributed by atoms with E-state index in [1.165, 1.54) is 0 Å². The molecule has 0 saturated carbocycles. The molecule has 0 bridgehead atoms. The fourth-order valence-corrected chi connectivity index (χ4v) is 3.83. The summed E-state index contributed by atoms with van der Waals surface area (Å²) in [7, 11) is 0. The van der Waals surface area contributed by atoms with Crippen molar-refractivity contribution in [2.45, 2.75) is 20.0 Å². The van der Waals surface area contributed by atoms with Crippen LogP contribution in [0.5, 0.6) is 0 Å². The van der Waals surface area contributed by atoms with Crippen LogP contribution in [0.2, 0.25) is 0 Å². The minimum Gasteiger partial charge on any atom is -0.316 e. The van der Waals surface area contributed by atoms with E-state index in [1.54, 1.807) is 40.0 Å². The molecule has 0 fully saturated rings. The van der Waals surface area contributed by atoms with Crippen LogP contribution < -0.4 is 4.80 Å². The first kappa shape index (κ1) is 16.0. The van der Waals surface area contributed by atoms with Crippen molar-refractivity contribution in [1.82, 2.24) is 14.3 Å². The van der Waals surface area contributed by atoms with Crippen LogP contribution in [-0.2, 0) is 13.1 Å². The van der Waals surface area contributed by atoms with Crippen LogP contribution in [0, 0.1) is 0 Å². The third-order valence-electron chi connectivity index (χ3n) is 3.54. The van der Waals surface area contributed by atoms with Gasteiger partial charge in [0, 0.05) is 25.0 Å². The summed E-state index contributed by atoms with van der Waals surface area (Å²) in [5.74, 6) is 0.739. The minimum absolute atomic E-state index is 0.242. The molecule has 7 heteroatoms. The molecular weight excluding hydrogens is 328 g/mol. The third kappa shape index (κ3) is 3.25. The molecule has 0 spiro atoms. The highest BCUT2D eigenvalue weighted by molar-refractivity contribution is 7.98. The van der Waals surface area contributed by atoms with Crippen LogP contribution in [0.25, 0.3) is 10.2 Å². The highest BCUT2D eigenvalue weighted by Gasteiger charge is 2.12. The summed E-state index contributed by atoms with van der Waals surface area (Å²) < 4.78 is 4.94. The monoisotopic (exact) mass is 346 g/mol. The van der Waals surface area contributed by atoms with Gasteiger partial charge in [0.1, 0.15) is 5.69 Å². The number of nitrogens with zero attached hydrogens (tertiary/aromatic N) is 4. The lowest BCUT2D eigenvalue weighted by Crippen LogP contribution is -2.19. The number of fused-ring (bicyclic) bond motifs is 1. The number of rotatable bonds is 5. The Bertz CT molecular complexity index is 891. The fraction of sp³-hybridized carbons (Fsp3) is 0.312. The van der Waals surface area contributed by atoms with Crippen molar-refractivity contribution in [2.75, 3.05) is 12.0 Å². The molecule has 23 heavy (non-hydrogen) atoms. The zero-order valence-corrected chi connectivity index (χ0v) is 14.7. The summed E-state index contributed by atoms with van der Waals surface area (Å²) in [5.41, 5.74) is 1.66. The number of amides is 1. The van der Waals surface area contributed by atoms with E-state index in [4.69, 9.17) is 0 Å². The SMILES string of the molecule is CCn1nccc1C(=O)N=c1sc2ccccc2n1CCSC. The van der Waals surface area contributed by atoms with Crippen molar-refractivity contribution in [3.8, 4) is 0 Å². The Morgan fingerprint density at radius 3 is 2.96 bits per heavy atom. The van der Waals surface area contributed by atoms with E-state index in [1.807, 2.05) is 19.1 Å². The summed E-state index contributed by atoms with van der Waals surface area (Å²) in [6, 6.07) is 9.88. The first-order valence-corrected chi connectivity index (χ1v) is 9.63. The molecule has 0 unspecified atom stereocenters. The van der Waals surface area contributed by atoms with Crippen molar-refractivity contribution in [3.63, 3.8) is 0 Å². The van der Waals surface area contributed by atoms with Gasteiger partial charge >= 0.3 is 0 Å². The summed E-state index contributed by atoms with van der Waals surface area (Å²) in [6.45, 7) is 3.45. The van der Waals surface area contributed by atoms with Crippen LogP contribution in [0.1, 0.15) is 17.4 Å². The molecule has 0 radical (unpaired) electrons. The Balaban J connectivity index is 2.09. The second-order valence-electron chi connectivity index (χ2n) is 4.95. The zero-order chi connectivity index (χ0) is 16.2. The molecule has 1 aromatic carbocycles. The van der Waals surface area contributed by atoms with Gasteiger partial charge in [-0.1, -0.05) is 23.5 Å². The molecule has 0 aliphatic rings. The second-order valence-corrected chi connectivity index (χ2v) is 6.94. The van der Waals surface area contributed by atoms with Crippen molar-refractivity contribution in [2.24, 2.45) is 4.99 Å². The number of thioether (sulfide) groups is 1. The maximum absolute atomic E-state index is 12.5. The van der Waals surface area contributed by atoms with E-state index in [9.17, 15) is 4.79 Å². The average Bonchev–Trinajstić information content (AvgIpc) is 3.17. The van der Waals surface area contributed by atoms with Crippen LogP contribution in [0.15, 0.2) is 41.5 Å². The smallest absolute Gasteiger partial charge is 0.297 e. The number of carbonyl (C=O) groups excluding carboxylic acids is 1. The topological polar surface area (TPSA) is 52.2 Å². The quantitative estimate of drug-likeness (QED) is 0.713. The van der Waals surface area contributed by atoms with E-state index in [2.05, 4.69) is 33.0 Å². The van der Waals surface area contributed by atoms with Gasteiger partial charge in [-0.05, 0) is 31.4 Å². The summed E-state index contributed by atoms with van der Waals surface area (Å²) >= 11 is 3.33. The molecule has 2 aromatic heterocycles. The van der Waals surface area contributed by atoms with Gasteiger partial charge in [0.15, 0.2) is 4.80 Å². The first-order chi connectivity index (χ1) is 11.2. The fourth-order valence-electron chi connectivity index (χ4n) is 2.42. The van der Waals surface area contributed by atoms with Gasteiger partial charge in [-0.3, -0.25) is 9.48 Å². The molecule has 120 valence electrons. The van der Waals surface area contributed by atoms with Gasteiger partial charge in [-0.15, -0.1) is 0 Å². The molecule has 0 saturated heterocycles. The molecule has 3 aromatic rings. The molecule has 3 rings (SSSR count). The van der Waals surface area contributed by atoms with Crippen LogP contribution in [0.4, 0.5) is 0 Å². The Morgan fingerprint density at radius 1 is 1.35 bits per heavy atom. The molecule has 0 N–H and O–H groups in total. The number of carbonyl (C=O) groups is 1. The van der Waals surface area contributed by atoms with Crippen LogP contribution >= 0.6 is 23.1 Å². The Morgan fingerprint density at radius 2 is 2.17 bits per heavy atom. The maximum atomic E-state index is 12.5. The highest BCUT2D eigenvalue weighted by atomic mass is 32.2. The Hall–Kier alpha value is -1.86. The van der Waals surface area contributed by atoms with Gasteiger partial charge in [0.25, 0.3) is 5.91 Å². The van der Waals surface area contributed by atoms with E-state index in [0.717, 1.165) is 27.3 Å². The standard InChI is InChI=1S/C16H18N4OS2/c1-3-20-13(8-9-17-20)15(21)18-16-19(10-11-22-2)12-6-4-5-7-14(12)23-16/h4-9H,3,10-11H2,1-2H3. The van der Waals surface area contributed by atoms with Gasteiger partial charge in [-0.25, -0.2) is 0 Å². The van der Waals surface area contributed by atoms with Gasteiger partial charge < -0.3 is 4.57 Å². The van der Waals surface area contributed by atoms with Crippen molar-refractivity contribution >= 4 is 39.2 Å².